The van der Waals surface area contributed by atoms with Crippen LogP contribution in [0.5, 0.6) is 5.75 Å². The van der Waals surface area contributed by atoms with E-state index in [1.807, 2.05) is 19.2 Å². The molecule has 0 aromatic heterocycles. The van der Waals surface area contributed by atoms with Gasteiger partial charge in [-0.25, -0.2) is 0 Å². The molecule has 0 aliphatic carbocycles. The van der Waals surface area contributed by atoms with E-state index in [-0.39, 0.29) is 11.9 Å². The fourth-order valence-corrected chi connectivity index (χ4v) is 4.35. The van der Waals surface area contributed by atoms with Gasteiger partial charge in [0.25, 0.3) is 0 Å². The van der Waals surface area contributed by atoms with Gasteiger partial charge in [-0.3, -0.25) is 14.7 Å². The highest BCUT2D eigenvalue weighted by Gasteiger charge is 2.28. The maximum absolute atomic E-state index is 11.8. The molecule has 2 fully saturated rings. The highest BCUT2D eigenvalue weighted by Crippen LogP contribution is 2.26. The lowest BCUT2D eigenvalue weighted by atomic mass is 9.97. The quantitative estimate of drug-likeness (QED) is 0.447. The van der Waals surface area contributed by atoms with E-state index in [0.717, 1.165) is 57.3 Å². The Labute approximate surface area is 174 Å². The molecule has 7 nitrogen and oxygen atoms in total. The standard InChI is InChI=1S/C22H34N4O3/c1-23-22(26-14-10-18(11-15-26)21(27)29-3)24-16-20(25-12-4-5-13-25)17-6-8-19(28-2)9-7-17/h6-9,18,20H,4-5,10-16H2,1-3H3,(H,23,24). The van der Waals surface area contributed by atoms with E-state index in [4.69, 9.17) is 9.47 Å². The second-order valence-corrected chi connectivity index (χ2v) is 7.74. The number of carbonyl (C=O) groups excluding carboxylic acids is 1. The van der Waals surface area contributed by atoms with Gasteiger partial charge >= 0.3 is 5.97 Å². The van der Waals surface area contributed by atoms with Crippen molar-refractivity contribution in [3.8, 4) is 5.75 Å². The molecule has 1 atom stereocenters. The molecule has 1 N–H and O–H groups in total. The first-order valence-corrected chi connectivity index (χ1v) is 10.6. The van der Waals surface area contributed by atoms with Crippen LogP contribution in [-0.2, 0) is 9.53 Å². The number of hydrogen-bond acceptors (Lipinski definition) is 5. The average Bonchev–Trinajstić information content (AvgIpc) is 3.31. The minimum absolute atomic E-state index is 0.00556. The first-order chi connectivity index (χ1) is 14.2. The molecule has 160 valence electrons. The minimum atomic E-state index is -0.0961. The normalized spacial score (nSPS) is 19.8. The Morgan fingerprint density at radius 3 is 2.34 bits per heavy atom. The number of methoxy groups -OCH3 is 2. The highest BCUT2D eigenvalue weighted by molar-refractivity contribution is 5.80. The number of ether oxygens (including phenoxy) is 2. The average molecular weight is 403 g/mol. The Morgan fingerprint density at radius 2 is 1.79 bits per heavy atom. The number of nitrogens with zero attached hydrogens (tertiary/aromatic N) is 3. The third-order valence-electron chi connectivity index (χ3n) is 6.08. The van der Waals surface area contributed by atoms with Crippen molar-refractivity contribution in [2.75, 3.05) is 54.0 Å². The van der Waals surface area contributed by atoms with E-state index in [2.05, 4.69) is 32.2 Å². The van der Waals surface area contributed by atoms with Crippen LogP contribution in [-0.4, -0.2) is 75.7 Å². The van der Waals surface area contributed by atoms with Gasteiger partial charge in [-0.1, -0.05) is 12.1 Å². The summed E-state index contributed by atoms with van der Waals surface area (Å²) in [6.45, 7) is 4.69. The van der Waals surface area contributed by atoms with E-state index in [1.54, 1.807) is 7.11 Å². The first-order valence-electron chi connectivity index (χ1n) is 10.6. The van der Waals surface area contributed by atoms with Crippen molar-refractivity contribution >= 4 is 11.9 Å². The summed E-state index contributed by atoms with van der Waals surface area (Å²) in [5, 5.41) is 3.59. The van der Waals surface area contributed by atoms with Crippen molar-refractivity contribution in [2.24, 2.45) is 10.9 Å². The van der Waals surface area contributed by atoms with Crippen molar-refractivity contribution in [3.63, 3.8) is 0 Å². The Bertz CT molecular complexity index is 678. The van der Waals surface area contributed by atoms with Crippen molar-refractivity contribution in [1.29, 1.82) is 0 Å². The molecule has 0 bridgehead atoms. The zero-order chi connectivity index (χ0) is 20.6. The molecule has 0 radical (unpaired) electrons. The summed E-state index contributed by atoms with van der Waals surface area (Å²) >= 11 is 0. The topological polar surface area (TPSA) is 66.4 Å². The number of hydrogen-bond donors (Lipinski definition) is 1. The lowest BCUT2D eigenvalue weighted by Gasteiger charge is -2.35. The van der Waals surface area contributed by atoms with Crippen LogP contribution in [0.15, 0.2) is 29.3 Å². The maximum atomic E-state index is 11.8. The van der Waals surface area contributed by atoms with Gasteiger partial charge in [0.15, 0.2) is 5.96 Å². The number of benzene rings is 1. The Kier molecular flexibility index (Phi) is 7.75. The number of aliphatic imine (C=N–C) groups is 1. The molecule has 1 aromatic rings. The maximum Gasteiger partial charge on any atom is 0.308 e. The number of rotatable bonds is 6. The van der Waals surface area contributed by atoms with E-state index in [9.17, 15) is 4.79 Å². The van der Waals surface area contributed by atoms with Gasteiger partial charge in [-0.15, -0.1) is 0 Å². The molecule has 2 aliphatic heterocycles. The molecular weight excluding hydrogens is 368 g/mol. The predicted octanol–water partition coefficient (Wildman–Crippen LogP) is 2.29. The third-order valence-corrected chi connectivity index (χ3v) is 6.08. The van der Waals surface area contributed by atoms with Crippen LogP contribution in [0.3, 0.4) is 0 Å². The third kappa shape index (κ3) is 5.41. The SMILES string of the molecule is CN=C(NCC(c1ccc(OC)cc1)N1CCCC1)N1CCC(C(=O)OC)CC1. The van der Waals surface area contributed by atoms with Gasteiger partial charge in [-0.2, -0.15) is 0 Å². The molecule has 0 spiro atoms. The summed E-state index contributed by atoms with van der Waals surface area (Å²) < 4.78 is 10.2. The second-order valence-electron chi connectivity index (χ2n) is 7.74. The monoisotopic (exact) mass is 402 g/mol. The van der Waals surface area contributed by atoms with Crippen LogP contribution in [0.1, 0.15) is 37.3 Å². The van der Waals surface area contributed by atoms with Crippen LogP contribution in [0, 0.1) is 5.92 Å². The van der Waals surface area contributed by atoms with Crippen molar-refractivity contribution < 1.29 is 14.3 Å². The van der Waals surface area contributed by atoms with Crippen LogP contribution in [0.25, 0.3) is 0 Å². The van der Waals surface area contributed by atoms with Crippen LogP contribution < -0.4 is 10.1 Å². The van der Waals surface area contributed by atoms with Gasteiger partial charge in [0.1, 0.15) is 5.75 Å². The summed E-state index contributed by atoms with van der Waals surface area (Å²) in [6, 6.07) is 8.69. The van der Waals surface area contributed by atoms with Gasteiger partial charge in [0.05, 0.1) is 26.2 Å². The molecule has 1 aromatic carbocycles. The van der Waals surface area contributed by atoms with E-state index in [0.29, 0.717) is 6.04 Å². The van der Waals surface area contributed by atoms with Crippen LogP contribution >= 0.6 is 0 Å². The molecule has 3 rings (SSSR count). The first kappa shape index (κ1) is 21.4. The molecule has 2 heterocycles. The summed E-state index contributed by atoms with van der Waals surface area (Å²) in [6.07, 6.45) is 4.12. The number of carbonyl (C=O) groups is 1. The second kappa shape index (κ2) is 10.5. The molecule has 7 heteroatoms. The highest BCUT2D eigenvalue weighted by atomic mass is 16.5. The Balaban J connectivity index is 1.62. The summed E-state index contributed by atoms with van der Waals surface area (Å²) in [5.41, 5.74) is 1.29. The van der Waals surface area contributed by atoms with Gasteiger partial charge in [0.2, 0.25) is 0 Å². The largest absolute Gasteiger partial charge is 0.497 e. The lowest BCUT2D eigenvalue weighted by molar-refractivity contribution is -0.146. The number of guanidine groups is 1. The Morgan fingerprint density at radius 1 is 1.14 bits per heavy atom. The fraction of sp³-hybridized carbons (Fsp3) is 0.636. The van der Waals surface area contributed by atoms with Crippen molar-refractivity contribution in [3.05, 3.63) is 29.8 Å². The minimum Gasteiger partial charge on any atom is -0.497 e. The van der Waals surface area contributed by atoms with Crippen LogP contribution in [0.2, 0.25) is 0 Å². The van der Waals surface area contributed by atoms with Gasteiger partial charge < -0.3 is 19.7 Å². The molecule has 1 unspecified atom stereocenters. The summed E-state index contributed by atoms with van der Waals surface area (Å²) in [5.74, 6) is 1.70. The van der Waals surface area contributed by atoms with E-state index < -0.39 is 0 Å². The molecule has 2 aliphatic rings. The smallest absolute Gasteiger partial charge is 0.308 e. The summed E-state index contributed by atoms with van der Waals surface area (Å²) in [7, 11) is 4.99. The molecule has 0 amide bonds. The Hall–Kier alpha value is -2.28. The molecule has 0 saturated carbocycles. The number of esters is 1. The zero-order valence-corrected chi connectivity index (χ0v) is 17.9. The molecule has 29 heavy (non-hydrogen) atoms. The predicted molar refractivity (Wildman–Crippen MR) is 114 cm³/mol. The summed E-state index contributed by atoms with van der Waals surface area (Å²) in [4.78, 5) is 21.1. The van der Waals surface area contributed by atoms with Crippen molar-refractivity contribution in [1.82, 2.24) is 15.1 Å². The van der Waals surface area contributed by atoms with E-state index >= 15 is 0 Å². The van der Waals surface area contributed by atoms with Crippen LogP contribution in [0.4, 0.5) is 0 Å². The van der Waals surface area contributed by atoms with E-state index in [1.165, 1.54) is 25.5 Å². The number of piperidine rings is 1. The number of likely N-dealkylation sites (tertiary alicyclic amines) is 2. The van der Waals surface area contributed by atoms with Gasteiger partial charge in [0, 0.05) is 26.7 Å². The molecule has 2 saturated heterocycles. The molecular formula is C22H34N4O3. The van der Waals surface area contributed by atoms with Crippen molar-refractivity contribution in [2.45, 2.75) is 31.7 Å². The number of nitrogens with one attached hydrogen (secondary N) is 1. The lowest BCUT2D eigenvalue weighted by Crippen LogP contribution is -2.48. The van der Waals surface area contributed by atoms with Gasteiger partial charge in [-0.05, 0) is 56.5 Å². The zero-order valence-electron chi connectivity index (χ0n) is 17.9. The fourth-order valence-electron chi connectivity index (χ4n) is 4.35.